The van der Waals surface area contributed by atoms with Gasteiger partial charge in [0.15, 0.2) is 18.5 Å². The summed E-state index contributed by atoms with van der Waals surface area (Å²) in [5.41, 5.74) is 1.87. The van der Waals surface area contributed by atoms with Crippen molar-refractivity contribution < 1.29 is 37.3 Å². The average Bonchev–Trinajstić information content (AvgIpc) is 3.06. The number of methoxy groups -OCH3 is 1. The number of para-hydroxylation sites is 1. The lowest BCUT2D eigenvalue weighted by Crippen LogP contribution is -2.34. The number of hydrogen-bond donors (Lipinski definition) is 1. The van der Waals surface area contributed by atoms with Gasteiger partial charge in [-0.25, -0.2) is 9.36 Å². The van der Waals surface area contributed by atoms with Crippen LogP contribution in [0, 0.1) is 0 Å². The van der Waals surface area contributed by atoms with E-state index in [4.69, 9.17) is 18.5 Å². The van der Waals surface area contributed by atoms with Gasteiger partial charge in [0.05, 0.1) is 13.7 Å². The van der Waals surface area contributed by atoms with Gasteiger partial charge < -0.3 is 18.5 Å². The number of phosphoric ester groups is 1. The van der Waals surface area contributed by atoms with E-state index in [1.54, 1.807) is 30.3 Å². The van der Waals surface area contributed by atoms with E-state index in [0.29, 0.717) is 13.2 Å². The van der Waals surface area contributed by atoms with E-state index in [1.165, 1.54) is 71.0 Å². The topological polar surface area (TPSA) is 95.2 Å². The van der Waals surface area contributed by atoms with Crippen LogP contribution >= 0.6 is 7.82 Å². The molecule has 0 fully saturated rings. The Labute approximate surface area is 279 Å². The van der Waals surface area contributed by atoms with Gasteiger partial charge in [0.25, 0.3) is 0 Å². The summed E-state index contributed by atoms with van der Waals surface area (Å²) >= 11 is 0. The van der Waals surface area contributed by atoms with Crippen LogP contribution in [0.15, 0.2) is 85.1 Å². The summed E-state index contributed by atoms with van der Waals surface area (Å²) in [6, 6.07) is 23.7. The van der Waals surface area contributed by atoms with Crippen molar-refractivity contribution in [3.8, 4) is 17.2 Å². The largest absolute Gasteiger partial charge is 0.584 e. The maximum Gasteiger partial charge on any atom is 0.584 e. The molecule has 8 nitrogen and oxygen atoms in total. The van der Waals surface area contributed by atoms with Gasteiger partial charge in [-0.05, 0) is 42.8 Å². The first-order chi connectivity index (χ1) is 22.9. The standard InChI is InChI=1S/C38H48NO7P/c1-3-4-5-6-7-8-9-10-11-12-13-16-28-44-35-25-18-26-36(37(35)38(40)43-2)46-47(41,42)45-33-23-17-20-31(29-33)30-39-27-19-22-32-21-14-15-24-34(32)39/h14-15,17-27,29H,3-13,16,28,30H2,1-2H3/p+1. The predicted octanol–water partition coefficient (Wildman–Crippen LogP) is 9.60. The van der Waals surface area contributed by atoms with E-state index in [9.17, 15) is 14.3 Å². The summed E-state index contributed by atoms with van der Waals surface area (Å²) in [4.78, 5) is 23.5. The fraction of sp³-hybridized carbons (Fsp3) is 0.421. The van der Waals surface area contributed by atoms with Gasteiger partial charge in [-0.2, -0.15) is 4.57 Å². The van der Waals surface area contributed by atoms with Gasteiger partial charge in [-0.1, -0.05) is 108 Å². The van der Waals surface area contributed by atoms with Gasteiger partial charge in [-0.15, -0.1) is 0 Å². The molecule has 0 aliphatic rings. The number of pyridine rings is 1. The van der Waals surface area contributed by atoms with Gasteiger partial charge >= 0.3 is 13.8 Å². The molecule has 1 aromatic heterocycles. The number of esters is 1. The molecule has 3 aromatic carbocycles. The minimum atomic E-state index is -4.71. The van der Waals surface area contributed by atoms with Gasteiger partial charge in [0.2, 0.25) is 5.52 Å². The number of hydrogen-bond acceptors (Lipinski definition) is 6. The molecule has 0 saturated heterocycles. The summed E-state index contributed by atoms with van der Waals surface area (Å²) in [6.45, 7) is 3.18. The zero-order valence-electron chi connectivity index (χ0n) is 27.8. The second-order valence-electron chi connectivity index (χ2n) is 11.9. The lowest BCUT2D eigenvalue weighted by atomic mass is 10.1. The first kappa shape index (κ1) is 36.0. The third kappa shape index (κ3) is 11.7. The molecule has 0 aliphatic heterocycles. The van der Waals surface area contributed by atoms with E-state index in [0.717, 1.165) is 35.7 Å². The Morgan fingerprint density at radius 1 is 0.745 bits per heavy atom. The van der Waals surface area contributed by atoms with Crippen LogP contribution in [0.5, 0.6) is 17.2 Å². The van der Waals surface area contributed by atoms with Crippen LogP contribution in [0.2, 0.25) is 0 Å². The molecule has 0 spiro atoms. The van der Waals surface area contributed by atoms with Crippen LogP contribution in [0.3, 0.4) is 0 Å². The van der Waals surface area contributed by atoms with Crippen LogP contribution < -0.4 is 18.4 Å². The number of carbonyl (C=O) groups excluding carboxylic acids is 1. The summed E-state index contributed by atoms with van der Waals surface area (Å²) in [6.07, 6.45) is 16.8. The van der Waals surface area contributed by atoms with Crippen molar-refractivity contribution in [2.75, 3.05) is 13.7 Å². The molecule has 9 heteroatoms. The third-order valence-corrected chi connectivity index (χ3v) is 8.98. The number of carbonyl (C=O) groups is 1. The van der Waals surface area contributed by atoms with Crippen molar-refractivity contribution in [2.24, 2.45) is 0 Å². The Morgan fingerprint density at radius 3 is 2.11 bits per heavy atom. The molecule has 1 atom stereocenters. The molecule has 0 bridgehead atoms. The van der Waals surface area contributed by atoms with Crippen molar-refractivity contribution >= 4 is 24.7 Å². The van der Waals surface area contributed by atoms with E-state index in [-0.39, 0.29) is 22.8 Å². The molecule has 0 aliphatic carbocycles. The molecule has 4 rings (SSSR count). The van der Waals surface area contributed by atoms with Crippen molar-refractivity contribution in [2.45, 2.75) is 90.5 Å². The minimum absolute atomic E-state index is 0.0621. The zero-order chi connectivity index (χ0) is 33.3. The highest BCUT2D eigenvalue weighted by Crippen LogP contribution is 2.46. The number of ether oxygens (including phenoxy) is 2. The fourth-order valence-electron chi connectivity index (χ4n) is 5.67. The first-order valence-electron chi connectivity index (χ1n) is 16.9. The summed E-state index contributed by atoms with van der Waals surface area (Å²) < 4.78 is 37.0. The molecule has 1 N–H and O–H groups in total. The summed E-state index contributed by atoms with van der Waals surface area (Å²) in [7, 11) is -3.47. The summed E-state index contributed by atoms with van der Waals surface area (Å²) in [5, 5.41) is 1.11. The van der Waals surface area contributed by atoms with Crippen LogP contribution in [-0.2, 0) is 15.8 Å². The maximum absolute atomic E-state index is 13.2. The quantitative estimate of drug-likeness (QED) is 0.0411. The van der Waals surface area contributed by atoms with Crippen LogP contribution in [0.1, 0.15) is 99.9 Å². The zero-order valence-corrected chi connectivity index (χ0v) is 28.7. The number of benzene rings is 3. The van der Waals surface area contributed by atoms with Crippen molar-refractivity contribution in [1.82, 2.24) is 0 Å². The number of nitrogens with zero attached hydrogens (tertiary/aromatic N) is 1. The predicted molar refractivity (Wildman–Crippen MR) is 185 cm³/mol. The van der Waals surface area contributed by atoms with Gasteiger partial charge in [0, 0.05) is 23.1 Å². The Bertz CT molecular complexity index is 1600. The van der Waals surface area contributed by atoms with E-state index in [2.05, 4.69) is 11.5 Å². The second kappa shape index (κ2) is 19.1. The molecule has 1 unspecified atom stereocenters. The molecule has 252 valence electrons. The van der Waals surface area contributed by atoms with E-state index in [1.807, 2.05) is 48.7 Å². The van der Waals surface area contributed by atoms with E-state index < -0.39 is 13.8 Å². The fourth-order valence-corrected chi connectivity index (χ4v) is 6.49. The lowest BCUT2D eigenvalue weighted by Gasteiger charge is -2.18. The van der Waals surface area contributed by atoms with Crippen LogP contribution in [0.25, 0.3) is 10.9 Å². The summed E-state index contributed by atoms with van der Waals surface area (Å²) in [5.74, 6) is -0.503. The van der Waals surface area contributed by atoms with Crippen molar-refractivity contribution in [3.05, 3.63) is 96.2 Å². The Morgan fingerprint density at radius 2 is 1.38 bits per heavy atom. The molecular formula is C38H49NO7P+. The molecule has 0 radical (unpaired) electrons. The number of unbranched alkanes of at least 4 members (excludes halogenated alkanes) is 11. The van der Waals surface area contributed by atoms with Crippen LogP contribution in [-0.4, -0.2) is 24.6 Å². The van der Waals surface area contributed by atoms with E-state index >= 15 is 0 Å². The molecular weight excluding hydrogens is 613 g/mol. The number of aromatic nitrogens is 1. The van der Waals surface area contributed by atoms with Crippen molar-refractivity contribution in [1.29, 1.82) is 0 Å². The Hall–Kier alpha value is -3.87. The highest BCUT2D eigenvalue weighted by atomic mass is 31.2. The number of fused-ring (bicyclic) bond motifs is 1. The van der Waals surface area contributed by atoms with Crippen molar-refractivity contribution in [3.63, 3.8) is 0 Å². The second-order valence-corrected chi connectivity index (χ2v) is 13.2. The highest BCUT2D eigenvalue weighted by molar-refractivity contribution is 7.48. The van der Waals surface area contributed by atoms with Gasteiger partial charge in [0.1, 0.15) is 17.1 Å². The number of phosphoric acid groups is 1. The molecule has 0 saturated carbocycles. The van der Waals surface area contributed by atoms with Gasteiger partial charge in [-0.3, -0.25) is 4.89 Å². The third-order valence-electron chi connectivity index (χ3n) is 8.11. The minimum Gasteiger partial charge on any atom is -0.493 e. The average molecular weight is 663 g/mol. The molecule has 47 heavy (non-hydrogen) atoms. The lowest BCUT2D eigenvalue weighted by molar-refractivity contribution is -0.662. The highest BCUT2D eigenvalue weighted by Gasteiger charge is 2.30. The Kier molecular flexibility index (Phi) is 14.6. The Balaban J connectivity index is 1.30. The maximum atomic E-state index is 13.2. The number of rotatable bonds is 21. The SMILES string of the molecule is CCCCCCCCCCCCCCOc1cccc(OP(=O)(O)Oc2cccc(C[n+]3cccc4ccccc43)c2)c1C(=O)OC. The monoisotopic (exact) mass is 662 g/mol. The normalized spacial score (nSPS) is 12.4. The smallest absolute Gasteiger partial charge is 0.493 e. The molecule has 0 amide bonds. The molecule has 1 heterocycles. The molecule has 4 aromatic rings. The first-order valence-corrected chi connectivity index (χ1v) is 18.4. The van der Waals surface area contributed by atoms with Crippen LogP contribution in [0.4, 0.5) is 0 Å².